The maximum atomic E-state index is 13.4. The van der Waals surface area contributed by atoms with E-state index in [9.17, 15) is 18.8 Å². The van der Waals surface area contributed by atoms with Crippen molar-refractivity contribution in [2.45, 2.75) is 27.3 Å². The molecular weight excluding hydrogens is 387 g/mol. The summed E-state index contributed by atoms with van der Waals surface area (Å²) in [5.41, 5.74) is 0.134. The van der Waals surface area contributed by atoms with Crippen molar-refractivity contribution >= 4 is 5.91 Å². The normalized spacial score (nSPS) is 10.8. The van der Waals surface area contributed by atoms with Crippen LogP contribution in [0.3, 0.4) is 0 Å². The van der Waals surface area contributed by atoms with E-state index in [2.05, 4.69) is 5.10 Å². The molecule has 8 heteroatoms. The number of aromatic nitrogens is 3. The lowest BCUT2D eigenvalue weighted by molar-refractivity contribution is 0.0761. The number of hydrogen-bond acceptors (Lipinski definition) is 4. The van der Waals surface area contributed by atoms with E-state index in [4.69, 9.17) is 0 Å². The molecule has 0 N–H and O–H groups in total. The van der Waals surface area contributed by atoms with Gasteiger partial charge in [0.25, 0.3) is 11.5 Å². The molecule has 0 bridgehead atoms. The van der Waals surface area contributed by atoms with E-state index in [0.717, 1.165) is 20.4 Å². The van der Waals surface area contributed by atoms with E-state index in [1.165, 1.54) is 29.2 Å². The number of hydrogen-bond donors (Lipinski definition) is 0. The molecule has 1 heterocycles. The number of halogens is 1. The average Bonchev–Trinajstić information content (AvgIpc) is 2.74. The molecule has 1 amide bonds. The lowest BCUT2D eigenvalue weighted by Gasteiger charge is -2.19. The number of carbonyl (C=O) groups excluding carboxylic acids is 1. The molecule has 30 heavy (non-hydrogen) atoms. The first-order valence-corrected chi connectivity index (χ1v) is 9.71. The van der Waals surface area contributed by atoms with E-state index in [-0.39, 0.29) is 17.9 Å². The molecule has 0 unspecified atom stereocenters. The number of benzene rings is 2. The quantitative estimate of drug-likeness (QED) is 0.625. The minimum atomic E-state index is -0.751. The molecular formula is C22H23FN4O3. The minimum absolute atomic E-state index is 0.00736. The molecule has 0 aliphatic carbocycles. The van der Waals surface area contributed by atoms with Crippen LogP contribution in [0.4, 0.5) is 4.39 Å². The van der Waals surface area contributed by atoms with Crippen LogP contribution in [-0.2, 0) is 6.54 Å². The van der Waals surface area contributed by atoms with Gasteiger partial charge in [0.1, 0.15) is 5.82 Å². The predicted octanol–water partition coefficient (Wildman–Crippen LogP) is 2.37. The predicted molar refractivity (Wildman–Crippen MR) is 112 cm³/mol. The summed E-state index contributed by atoms with van der Waals surface area (Å²) in [6, 6.07) is 12.5. The molecule has 1 aromatic heterocycles. The molecule has 3 rings (SSSR count). The largest absolute Gasteiger partial charge is 0.352 e. The Hall–Kier alpha value is -3.55. The van der Waals surface area contributed by atoms with Crippen molar-refractivity contribution in [3.05, 3.63) is 92.0 Å². The first-order valence-electron chi connectivity index (χ1n) is 9.71. The molecule has 0 saturated heterocycles. The Kier molecular flexibility index (Phi) is 6.25. The Morgan fingerprint density at radius 3 is 2.27 bits per heavy atom. The van der Waals surface area contributed by atoms with E-state index in [1.54, 1.807) is 13.8 Å². The van der Waals surface area contributed by atoms with Crippen molar-refractivity contribution < 1.29 is 9.18 Å². The molecule has 0 atom stereocenters. The van der Waals surface area contributed by atoms with E-state index >= 15 is 0 Å². The molecule has 0 spiro atoms. The summed E-state index contributed by atoms with van der Waals surface area (Å²) in [7, 11) is 0. The van der Waals surface area contributed by atoms with Gasteiger partial charge in [-0.1, -0.05) is 24.3 Å². The fourth-order valence-corrected chi connectivity index (χ4v) is 3.16. The summed E-state index contributed by atoms with van der Waals surface area (Å²) in [6.07, 6.45) is 0. The van der Waals surface area contributed by atoms with Gasteiger partial charge in [-0.15, -0.1) is 0 Å². The van der Waals surface area contributed by atoms with Crippen LogP contribution >= 0.6 is 0 Å². The second-order valence-corrected chi connectivity index (χ2v) is 6.81. The number of aryl methyl sites for hydroxylation is 1. The molecule has 0 radical (unpaired) electrons. The third kappa shape index (κ3) is 4.07. The fourth-order valence-electron chi connectivity index (χ4n) is 3.16. The van der Waals surface area contributed by atoms with Gasteiger partial charge in [-0.25, -0.2) is 9.18 Å². The van der Waals surface area contributed by atoms with Crippen LogP contribution in [0.5, 0.6) is 0 Å². The topological polar surface area (TPSA) is 77.2 Å². The first-order chi connectivity index (χ1) is 14.4. The standard InChI is InChI=1S/C22H23FN4O3/c1-4-25(5-2)20(28)19-21(29)26(14-16-9-7-6-8-15(16)3)22(30)27(24-19)18-12-10-17(23)11-13-18/h6-13H,4-5,14H2,1-3H3. The van der Waals surface area contributed by atoms with Crippen LogP contribution in [0.1, 0.15) is 35.5 Å². The summed E-state index contributed by atoms with van der Waals surface area (Å²) in [5.74, 6) is -1.03. The molecule has 3 aromatic rings. The Bertz CT molecular complexity index is 1180. The van der Waals surface area contributed by atoms with E-state index < -0.39 is 23.0 Å². The summed E-state index contributed by atoms with van der Waals surface area (Å²) in [5, 5.41) is 4.07. The van der Waals surface area contributed by atoms with Crippen LogP contribution in [0.2, 0.25) is 0 Å². The van der Waals surface area contributed by atoms with Crippen molar-refractivity contribution in [3.63, 3.8) is 0 Å². The smallest absolute Gasteiger partial charge is 0.338 e. The van der Waals surface area contributed by atoms with Gasteiger partial charge in [-0.05, 0) is 56.2 Å². The third-order valence-electron chi connectivity index (χ3n) is 4.97. The van der Waals surface area contributed by atoms with E-state index in [0.29, 0.717) is 13.1 Å². The molecule has 0 aliphatic rings. The van der Waals surface area contributed by atoms with Crippen LogP contribution in [-0.4, -0.2) is 38.2 Å². The van der Waals surface area contributed by atoms with Gasteiger partial charge in [0.05, 0.1) is 12.2 Å². The lowest BCUT2D eigenvalue weighted by Crippen LogP contribution is -2.46. The maximum absolute atomic E-state index is 13.4. The molecule has 0 aliphatic heterocycles. The van der Waals surface area contributed by atoms with Crippen LogP contribution < -0.4 is 11.2 Å². The summed E-state index contributed by atoms with van der Waals surface area (Å²) in [4.78, 5) is 40.6. The summed E-state index contributed by atoms with van der Waals surface area (Å²) < 4.78 is 15.3. The van der Waals surface area contributed by atoms with Gasteiger partial charge in [0.2, 0.25) is 5.69 Å². The van der Waals surface area contributed by atoms with Crippen LogP contribution in [0.15, 0.2) is 58.1 Å². The van der Waals surface area contributed by atoms with Gasteiger partial charge < -0.3 is 4.90 Å². The van der Waals surface area contributed by atoms with Crippen molar-refractivity contribution in [1.29, 1.82) is 0 Å². The zero-order valence-corrected chi connectivity index (χ0v) is 17.1. The molecule has 7 nitrogen and oxygen atoms in total. The fraction of sp³-hybridized carbons (Fsp3) is 0.273. The lowest BCUT2D eigenvalue weighted by atomic mass is 10.1. The number of amides is 1. The van der Waals surface area contributed by atoms with Gasteiger partial charge in [0, 0.05) is 13.1 Å². The summed E-state index contributed by atoms with van der Waals surface area (Å²) in [6.45, 7) is 6.25. The minimum Gasteiger partial charge on any atom is -0.338 e. The van der Waals surface area contributed by atoms with Crippen molar-refractivity contribution in [2.75, 3.05) is 13.1 Å². The third-order valence-corrected chi connectivity index (χ3v) is 4.97. The second kappa shape index (κ2) is 8.86. The first kappa shape index (κ1) is 21.2. The van der Waals surface area contributed by atoms with E-state index in [1.807, 2.05) is 31.2 Å². The number of carbonyl (C=O) groups is 1. The average molecular weight is 410 g/mol. The molecule has 2 aromatic carbocycles. The Morgan fingerprint density at radius 1 is 1.03 bits per heavy atom. The van der Waals surface area contributed by atoms with Crippen molar-refractivity contribution in [3.8, 4) is 5.69 Å². The number of nitrogens with zero attached hydrogens (tertiary/aromatic N) is 4. The SMILES string of the molecule is CCN(CC)C(=O)c1nn(-c2ccc(F)cc2)c(=O)n(Cc2ccccc2C)c1=O. The Labute approximate surface area is 173 Å². The Morgan fingerprint density at radius 2 is 1.67 bits per heavy atom. The Balaban J connectivity index is 2.25. The van der Waals surface area contributed by atoms with Gasteiger partial charge >= 0.3 is 5.69 Å². The number of rotatable bonds is 6. The zero-order valence-electron chi connectivity index (χ0n) is 17.1. The van der Waals surface area contributed by atoms with Crippen molar-refractivity contribution in [2.24, 2.45) is 0 Å². The highest BCUT2D eigenvalue weighted by atomic mass is 19.1. The van der Waals surface area contributed by atoms with Gasteiger partial charge in [-0.2, -0.15) is 9.78 Å². The van der Waals surface area contributed by atoms with Gasteiger partial charge in [-0.3, -0.25) is 14.2 Å². The summed E-state index contributed by atoms with van der Waals surface area (Å²) >= 11 is 0. The van der Waals surface area contributed by atoms with Crippen LogP contribution in [0, 0.1) is 12.7 Å². The molecule has 0 saturated carbocycles. The second-order valence-electron chi connectivity index (χ2n) is 6.81. The van der Waals surface area contributed by atoms with Gasteiger partial charge in [0.15, 0.2) is 0 Å². The molecule has 0 fully saturated rings. The maximum Gasteiger partial charge on any atom is 0.352 e. The zero-order chi connectivity index (χ0) is 21.8. The van der Waals surface area contributed by atoms with Crippen molar-refractivity contribution in [1.82, 2.24) is 19.2 Å². The van der Waals surface area contributed by atoms with Crippen LogP contribution in [0.25, 0.3) is 5.69 Å². The highest BCUT2D eigenvalue weighted by Crippen LogP contribution is 2.09. The highest BCUT2D eigenvalue weighted by molar-refractivity contribution is 5.91. The molecule has 156 valence electrons. The highest BCUT2D eigenvalue weighted by Gasteiger charge is 2.23. The monoisotopic (exact) mass is 410 g/mol.